The van der Waals surface area contributed by atoms with Crippen molar-refractivity contribution in [2.75, 3.05) is 30.1 Å². The summed E-state index contributed by atoms with van der Waals surface area (Å²) >= 11 is 0. The standard InChI is InChI=1S/C14H21N3O3S/c1-3-21(19,20)16-13-7-5-4-6-12(13)14(18)17-9-8-15-11(2)10-17/h4-7,11,15-16H,3,8-10H2,1-2H3. The number of anilines is 1. The molecule has 2 N–H and O–H groups in total. The third-order valence-electron chi connectivity index (χ3n) is 3.46. The van der Waals surface area contributed by atoms with Gasteiger partial charge in [0.05, 0.1) is 17.0 Å². The zero-order chi connectivity index (χ0) is 15.5. The van der Waals surface area contributed by atoms with Gasteiger partial charge < -0.3 is 10.2 Å². The lowest BCUT2D eigenvalue weighted by atomic mass is 10.1. The summed E-state index contributed by atoms with van der Waals surface area (Å²) in [6, 6.07) is 6.96. The Hall–Kier alpha value is -1.60. The average molecular weight is 311 g/mol. The second kappa shape index (κ2) is 6.44. The van der Waals surface area contributed by atoms with E-state index in [0.29, 0.717) is 24.3 Å². The Morgan fingerprint density at radius 1 is 1.43 bits per heavy atom. The molecule has 0 spiro atoms. The maximum atomic E-state index is 12.6. The van der Waals surface area contributed by atoms with Gasteiger partial charge in [0.25, 0.3) is 5.91 Å². The van der Waals surface area contributed by atoms with E-state index in [2.05, 4.69) is 10.0 Å². The predicted molar refractivity (Wildman–Crippen MR) is 82.9 cm³/mol. The largest absolute Gasteiger partial charge is 0.336 e. The van der Waals surface area contributed by atoms with Crippen LogP contribution in [0.15, 0.2) is 24.3 Å². The van der Waals surface area contributed by atoms with Crippen LogP contribution in [0.1, 0.15) is 24.2 Å². The summed E-state index contributed by atoms with van der Waals surface area (Å²) < 4.78 is 25.9. The third-order valence-corrected chi connectivity index (χ3v) is 4.75. The van der Waals surface area contributed by atoms with Crippen LogP contribution >= 0.6 is 0 Å². The molecule has 0 aliphatic carbocycles. The highest BCUT2D eigenvalue weighted by Crippen LogP contribution is 2.19. The molecule has 1 aromatic rings. The summed E-state index contributed by atoms with van der Waals surface area (Å²) in [5.74, 6) is -0.169. The summed E-state index contributed by atoms with van der Waals surface area (Å²) in [5, 5.41) is 3.27. The van der Waals surface area contributed by atoms with Crippen molar-refractivity contribution in [3.63, 3.8) is 0 Å². The quantitative estimate of drug-likeness (QED) is 0.865. The number of amides is 1. The van der Waals surface area contributed by atoms with Crippen molar-refractivity contribution >= 4 is 21.6 Å². The molecule has 0 saturated carbocycles. The molecule has 1 atom stereocenters. The number of benzene rings is 1. The first kappa shape index (κ1) is 15.8. The van der Waals surface area contributed by atoms with Crippen molar-refractivity contribution in [2.45, 2.75) is 19.9 Å². The minimum atomic E-state index is -3.40. The fraction of sp³-hybridized carbons (Fsp3) is 0.500. The molecule has 21 heavy (non-hydrogen) atoms. The molecule has 0 aromatic heterocycles. The first-order chi connectivity index (χ1) is 9.93. The molecule has 6 nitrogen and oxygen atoms in total. The number of nitrogens with zero attached hydrogens (tertiary/aromatic N) is 1. The molecule has 1 saturated heterocycles. The summed E-state index contributed by atoms with van der Waals surface area (Å²) in [4.78, 5) is 14.4. The van der Waals surface area contributed by atoms with Gasteiger partial charge in [0.2, 0.25) is 10.0 Å². The highest BCUT2D eigenvalue weighted by atomic mass is 32.2. The van der Waals surface area contributed by atoms with Crippen LogP contribution in [0.2, 0.25) is 0 Å². The molecule has 1 aliphatic rings. The van der Waals surface area contributed by atoms with Crippen molar-refractivity contribution in [3.05, 3.63) is 29.8 Å². The van der Waals surface area contributed by atoms with Gasteiger partial charge in [-0.05, 0) is 26.0 Å². The van der Waals surface area contributed by atoms with Gasteiger partial charge in [-0.2, -0.15) is 0 Å². The lowest BCUT2D eigenvalue weighted by Gasteiger charge is -2.32. The minimum absolute atomic E-state index is 0.0276. The first-order valence-electron chi connectivity index (χ1n) is 7.05. The van der Waals surface area contributed by atoms with E-state index in [0.717, 1.165) is 6.54 Å². The fourth-order valence-corrected chi connectivity index (χ4v) is 2.94. The summed E-state index contributed by atoms with van der Waals surface area (Å²) in [5.41, 5.74) is 0.735. The molecule has 0 radical (unpaired) electrons. The van der Waals surface area contributed by atoms with E-state index in [1.54, 1.807) is 36.1 Å². The number of para-hydroxylation sites is 1. The van der Waals surface area contributed by atoms with Crippen LogP contribution in [0.5, 0.6) is 0 Å². The number of hydrogen-bond acceptors (Lipinski definition) is 4. The Kier molecular flexibility index (Phi) is 4.84. The maximum Gasteiger partial charge on any atom is 0.256 e. The van der Waals surface area contributed by atoms with Crippen LogP contribution < -0.4 is 10.0 Å². The van der Waals surface area contributed by atoms with Gasteiger partial charge in [0.1, 0.15) is 0 Å². The average Bonchev–Trinajstić information content (AvgIpc) is 2.47. The molecule has 1 amide bonds. The molecule has 1 aliphatic heterocycles. The number of nitrogens with one attached hydrogen (secondary N) is 2. The number of piperazine rings is 1. The van der Waals surface area contributed by atoms with Crippen molar-refractivity contribution < 1.29 is 13.2 Å². The zero-order valence-corrected chi connectivity index (χ0v) is 13.1. The van der Waals surface area contributed by atoms with E-state index in [4.69, 9.17) is 0 Å². The second-order valence-corrected chi connectivity index (χ2v) is 7.17. The predicted octanol–water partition coefficient (Wildman–Crippen LogP) is 0.882. The minimum Gasteiger partial charge on any atom is -0.336 e. The van der Waals surface area contributed by atoms with Crippen LogP contribution in [0.25, 0.3) is 0 Å². The van der Waals surface area contributed by atoms with Gasteiger partial charge in [-0.3, -0.25) is 9.52 Å². The molecule has 116 valence electrons. The molecule has 1 aromatic carbocycles. The number of rotatable bonds is 4. The normalized spacial score (nSPS) is 19.3. The molecule has 2 rings (SSSR count). The van der Waals surface area contributed by atoms with Crippen LogP contribution in [0.3, 0.4) is 0 Å². The van der Waals surface area contributed by atoms with Crippen LogP contribution in [-0.4, -0.2) is 50.7 Å². The highest BCUT2D eigenvalue weighted by Gasteiger charge is 2.24. The van der Waals surface area contributed by atoms with E-state index in [9.17, 15) is 13.2 Å². The van der Waals surface area contributed by atoms with Gasteiger partial charge in [-0.15, -0.1) is 0 Å². The lowest BCUT2D eigenvalue weighted by Crippen LogP contribution is -2.51. The monoisotopic (exact) mass is 311 g/mol. The molecule has 7 heteroatoms. The molecule has 1 fully saturated rings. The van der Waals surface area contributed by atoms with E-state index in [1.165, 1.54) is 0 Å². The van der Waals surface area contributed by atoms with E-state index < -0.39 is 10.0 Å². The number of hydrogen-bond donors (Lipinski definition) is 2. The summed E-state index contributed by atoms with van der Waals surface area (Å²) in [7, 11) is -3.40. The van der Waals surface area contributed by atoms with Crippen molar-refractivity contribution in [2.24, 2.45) is 0 Å². The van der Waals surface area contributed by atoms with E-state index in [1.807, 2.05) is 6.92 Å². The van der Waals surface area contributed by atoms with Gasteiger partial charge in [-0.1, -0.05) is 12.1 Å². The topological polar surface area (TPSA) is 78.5 Å². The Morgan fingerprint density at radius 3 is 2.81 bits per heavy atom. The Labute approximate surface area is 125 Å². The fourth-order valence-electron chi connectivity index (χ4n) is 2.29. The zero-order valence-electron chi connectivity index (χ0n) is 12.3. The molecule has 1 unspecified atom stereocenters. The maximum absolute atomic E-state index is 12.6. The highest BCUT2D eigenvalue weighted by molar-refractivity contribution is 7.92. The Morgan fingerprint density at radius 2 is 2.14 bits per heavy atom. The van der Waals surface area contributed by atoms with Gasteiger partial charge in [0, 0.05) is 25.7 Å². The second-order valence-electron chi connectivity index (χ2n) is 5.16. The van der Waals surface area contributed by atoms with Gasteiger partial charge in [-0.25, -0.2) is 8.42 Å². The molecule has 0 bridgehead atoms. The lowest BCUT2D eigenvalue weighted by molar-refractivity contribution is 0.0710. The molecular weight excluding hydrogens is 290 g/mol. The van der Waals surface area contributed by atoms with E-state index in [-0.39, 0.29) is 17.7 Å². The SMILES string of the molecule is CCS(=O)(=O)Nc1ccccc1C(=O)N1CCNC(C)C1. The van der Waals surface area contributed by atoms with E-state index >= 15 is 0 Å². The van der Waals surface area contributed by atoms with Crippen molar-refractivity contribution in [3.8, 4) is 0 Å². The Balaban J connectivity index is 2.25. The van der Waals surface area contributed by atoms with Gasteiger partial charge >= 0.3 is 0 Å². The van der Waals surface area contributed by atoms with Crippen LogP contribution in [0.4, 0.5) is 5.69 Å². The van der Waals surface area contributed by atoms with Crippen LogP contribution in [-0.2, 0) is 10.0 Å². The third kappa shape index (κ3) is 3.95. The number of carbonyl (C=O) groups is 1. The van der Waals surface area contributed by atoms with Crippen molar-refractivity contribution in [1.82, 2.24) is 10.2 Å². The molecular formula is C14H21N3O3S. The number of sulfonamides is 1. The Bertz CT molecular complexity index is 616. The summed E-state index contributed by atoms with van der Waals surface area (Å²) in [6.07, 6.45) is 0. The summed E-state index contributed by atoms with van der Waals surface area (Å²) in [6.45, 7) is 5.57. The molecule has 1 heterocycles. The number of carbonyl (C=O) groups excluding carboxylic acids is 1. The van der Waals surface area contributed by atoms with Crippen molar-refractivity contribution in [1.29, 1.82) is 0 Å². The smallest absolute Gasteiger partial charge is 0.256 e. The first-order valence-corrected chi connectivity index (χ1v) is 8.70. The van der Waals surface area contributed by atoms with Crippen LogP contribution in [0, 0.1) is 0 Å². The van der Waals surface area contributed by atoms with Gasteiger partial charge in [0.15, 0.2) is 0 Å².